The average molecular weight is 480 g/mol. The highest BCUT2D eigenvalue weighted by molar-refractivity contribution is 5.78. The molecule has 6 nitrogen and oxygen atoms in total. The molecule has 35 heavy (non-hydrogen) atoms. The van der Waals surface area contributed by atoms with Crippen LogP contribution in [-0.4, -0.2) is 40.6 Å². The molecule has 0 spiro atoms. The van der Waals surface area contributed by atoms with Crippen molar-refractivity contribution in [1.29, 1.82) is 0 Å². The number of aromatic nitrogens is 1. The Kier molecular flexibility index (Phi) is 8.99. The van der Waals surface area contributed by atoms with Crippen LogP contribution in [0.1, 0.15) is 45.4 Å². The Morgan fingerprint density at radius 1 is 0.971 bits per heavy atom. The predicted molar refractivity (Wildman–Crippen MR) is 138 cm³/mol. The molecule has 6 heteroatoms. The Hall–Kier alpha value is -3.25. The lowest BCUT2D eigenvalue weighted by Crippen LogP contribution is -2.43. The van der Waals surface area contributed by atoms with Crippen molar-refractivity contribution in [3.05, 3.63) is 71.9 Å². The zero-order valence-corrected chi connectivity index (χ0v) is 21.4. The summed E-state index contributed by atoms with van der Waals surface area (Å²) in [6.45, 7) is 11.4. The maximum absolute atomic E-state index is 11.8. The van der Waals surface area contributed by atoms with Crippen LogP contribution in [0.15, 0.2) is 60.7 Å². The molecule has 3 rings (SSSR count). The van der Waals surface area contributed by atoms with Crippen LogP contribution < -0.4 is 9.47 Å². The van der Waals surface area contributed by atoms with E-state index >= 15 is 0 Å². The van der Waals surface area contributed by atoms with Crippen molar-refractivity contribution in [2.45, 2.75) is 65.7 Å². The van der Waals surface area contributed by atoms with E-state index in [0.717, 1.165) is 28.3 Å². The summed E-state index contributed by atoms with van der Waals surface area (Å²) in [5, 5.41) is 9.69. The van der Waals surface area contributed by atoms with Gasteiger partial charge in [-0.1, -0.05) is 19.1 Å². The van der Waals surface area contributed by atoms with Crippen molar-refractivity contribution >= 4 is 5.97 Å². The number of ether oxygens (including phenoxy) is 3. The molecule has 188 valence electrons. The number of benzene rings is 2. The molecule has 0 aliphatic carbocycles. The number of carbonyl (C=O) groups is 1. The molecule has 1 unspecified atom stereocenters. The summed E-state index contributed by atoms with van der Waals surface area (Å²) >= 11 is 0. The third kappa shape index (κ3) is 6.67. The van der Waals surface area contributed by atoms with E-state index in [9.17, 15) is 9.90 Å². The summed E-state index contributed by atoms with van der Waals surface area (Å²) in [6, 6.07) is 20.0. The van der Waals surface area contributed by atoms with Gasteiger partial charge in [-0.2, -0.15) is 0 Å². The summed E-state index contributed by atoms with van der Waals surface area (Å²) in [4.78, 5) is 11.8. The standard InChI is InChI=1S/C29H37NO5/c1-6-29(28(31)32,34-7-2)20-23-9-13-25(14-10-23)33-19-18-30-22(5)8-17-27(30)24-11-15-26(16-12-24)35-21(3)4/h8-17,21H,6-7,18-20H2,1-5H3,(H,31,32). The highest BCUT2D eigenvalue weighted by atomic mass is 16.5. The monoisotopic (exact) mass is 479 g/mol. The van der Waals surface area contributed by atoms with Crippen LogP contribution in [0.25, 0.3) is 11.3 Å². The zero-order chi connectivity index (χ0) is 25.4. The van der Waals surface area contributed by atoms with E-state index in [-0.39, 0.29) is 6.10 Å². The zero-order valence-electron chi connectivity index (χ0n) is 21.4. The van der Waals surface area contributed by atoms with E-state index in [1.807, 2.05) is 64.1 Å². The quantitative estimate of drug-likeness (QED) is 0.319. The second kappa shape index (κ2) is 11.9. The Labute approximate surface area is 208 Å². The lowest BCUT2D eigenvalue weighted by atomic mass is 9.91. The molecule has 0 aliphatic rings. The van der Waals surface area contributed by atoms with Crippen LogP contribution in [0.5, 0.6) is 11.5 Å². The van der Waals surface area contributed by atoms with E-state index in [1.54, 1.807) is 0 Å². The van der Waals surface area contributed by atoms with Crippen LogP contribution in [0, 0.1) is 6.92 Å². The number of carboxylic acids is 1. The lowest BCUT2D eigenvalue weighted by molar-refractivity contribution is -0.166. The molecule has 0 saturated carbocycles. The van der Waals surface area contributed by atoms with Gasteiger partial charge < -0.3 is 23.9 Å². The highest BCUT2D eigenvalue weighted by Gasteiger charge is 2.37. The first-order valence-electron chi connectivity index (χ1n) is 12.3. The molecule has 0 amide bonds. The van der Waals surface area contributed by atoms with E-state index in [2.05, 4.69) is 35.8 Å². The van der Waals surface area contributed by atoms with Crippen molar-refractivity contribution in [2.75, 3.05) is 13.2 Å². The number of carboxylic acid groups (broad SMARTS) is 1. The number of rotatable bonds is 13. The van der Waals surface area contributed by atoms with Gasteiger partial charge in [0.05, 0.1) is 12.6 Å². The van der Waals surface area contributed by atoms with Crippen molar-refractivity contribution in [1.82, 2.24) is 4.57 Å². The fourth-order valence-corrected chi connectivity index (χ4v) is 4.23. The molecule has 2 aromatic carbocycles. The Morgan fingerprint density at radius 3 is 2.20 bits per heavy atom. The number of aryl methyl sites for hydroxylation is 1. The van der Waals surface area contributed by atoms with Crippen molar-refractivity contribution in [3.8, 4) is 22.8 Å². The van der Waals surface area contributed by atoms with Gasteiger partial charge >= 0.3 is 5.97 Å². The minimum absolute atomic E-state index is 0.147. The summed E-state index contributed by atoms with van der Waals surface area (Å²) < 4.78 is 19.6. The molecular formula is C29H37NO5. The minimum atomic E-state index is -1.20. The normalized spacial score (nSPS) is 13.0. The molecule has 1 heterocycles. The van der Waals surface area contributed by atoms with Gasteiger partial charge in [0.1, 0.15) is 18.1 Å². The second-order valence-electron chi connectivity index (χ2n) is 8.96. The molecule has 0 aliphatic heterocycles. The number of hydrogen-bond donors (Lipinski definition) is 1. The largest absolute Gasteiger partial charge is 0.492 e. The van der Waals surface area contributed by atoms with Gasteiger partial charge in [-0.3, -0.25) is 0 Å². The van der Waals surface area contributed by atoms with Gasteiger partial charge in [0, 0.05) is 24.4 Å². The highest BCUT2D eigenvalue weighted by Crippen LogP contribution is 2.26. The Balaban J connectivity index is 1.62. The van der Waals surface area contributed by atoms with E-state index in [1.165, 1.54) is 5.69 Å². The average Bonchev–Trinajstić information content (AvgIpc) is 3.20. The topological polar surface area (TPSA) is 69.9 Å². The Morgan fingerprint density at radius 2 is 1.63 bits per heavy atom. The van der Waals surface area contributed by atoms with Gasteiger partial charge in [-0.25, -0.2) is 4.79 Å². The molecule has 0 bridgehead atoms. The second-order valence-corrected chi connectivity index (χ2v) is 8.96. The van der Waals surface area contributed by atoms with Gasteiger partial charge in [0.15, 0.2) is 5.60 Å². The lowest BCUT2D eigenvalue weighted by Gasteiger charge is -2.28. The summed E-state index contributed by atoms with van der Waals surface area (Å²) in [7, 11) is 0. The first-order chi connectivity index (χ1) is 16.8. The SMILES string of the molecule is CCOC(CC)(Cc1ccc(OCCn2c(C)ccc2-c2ccc(OC(C)C)cc2)cc1)C(=O)O. The molecule has 1 atom stereocenters. The van der Waals surface area contributed by atoms with E-state index in [4.69, 9.17) is 14.2 Å². The molecule has 0 saturated heterocycles. The Bertz CT molecular complexity index is 1090. The van der Waals surface area contributed by atoms with E-state index in [0.29, 0.717) is 32.6 Å². The molecule has 1 aromatic heterocycles. The molecule has 0 radical (unpaired) electrons. The first kappa shape index (κ1) is 26.4. The fourth-order valence-electron chi connectivity index (χ4n) is 4.23. The van der Waals surface area contributed by atoms with E-state index < -0.39 is 11.6 Å². The maximum atomic E-state index is 11.8. The van der Waals surface area contributed by atoms with Gasteiger partial charge in [0.25, 0.3) is 0 Å². The van der Waals surface area contributed by atoms with Crippen molar-refractivity contribution < 1.29 is 24.1 Å². The minimum Gasteiger partial charge on any atom is -0.492 e. The predicted octanol–water partition coefficient (Wildman–Crippen LogP) is 6.14. The smallest absolute Gasteiger partial charge is 0.336 e. The number of hydrogen-bond acceptors (Lipinski definition) is 4. The van der Waals surface area contributed by atoms with Crippen LogP contribution in [-0.2, 0) is 22.5 Å². The number of aliphatic carboxylic acids is 1. The van der Waals surface area contributed by atoms with Crippen LogP contribution in [0.4, 0.5) is 0 Å². The molecule has 3 aromatic rings. The van der Waals surface area contributed by atoms with Crippen LogP contribution in [0.2, 0.25) is 0 Å². The summed E-state index contributed by atoms with van der Waals surface area (Å²) in [6.07, 6.45) is 0.870. The summed E-state index contributed by atoms with van der Waals surface area (Å²) in [5.41, 5.74) is 3.15. The van der Waals surface area contributed by atoms with Crippen molar-refractivity contribution in [2.24, 2.45) is 0 Å². The first-order valence-corrected chi connectivity index (χ1v) is 12.3. The van der Waals surface area contributed by atoms with Crippen LogP contribution in [0.3, 0.4) is 0 Å². The molecule has 1 N–H and O–H groups in total. The number of nitrogens with zero attached hydrogens (tertiary/aromatic N) is 1. The third-order valence-corrected chi connectivity index (χ3v) is 6.10. The van der Waals surface area contributed by atoms with Gasteiger partial charge in [-0.05, 0) is 93.8 Å². The van der Waals surface area contributed by atoms with Gasteiger partial charge in [-0.15, -0.1) is 0 Å². The van der Waals surface area contributed by atoms with Crippen LogP contribution >= 0.6 is 0 Å². The summed E-state index contributed by atoms with van der Waals surface area (Å²) in [5.74, 6) is 0.692. The molecule has 0 fully saturated rings. The molecular weight excluding hydrogens is 442 g/mol. The van der Waals surface area contributed by atoms with Crippen molar-refractivity contribution in [3.63, 3.8) is 0 Å². The maximum Gasteiger partial charge on any atom is 0.336 e. The third-order valence-electron chi connectivity index (χ3n) is 6.10. The van der Waals surface area contributed by atoms with Gasteiger partial charge in [0.2, 0.25) is 0 Å². The fraction of sp³-hybridized carbons (Fsp3) is 0.414.